The van der Waals surface area contributed by atoms with Gasteiger partial charge in [0.2, 0.25) is 11.9 Å². The van der Waals surface area contributed by atoms with Crippen LogP contribution in [0.4, 0.5) is 18.0 Å². The lowest BCUT2D eigenvalue weighted by Crippen LogP contribution is -2.59. The zero-order valence-corrected chi connectivity index (χ0v) is 18.0. The van der Waals surface area contributed by atoms with Crippen molar-refractivity contribution in [2.75, 3.05) is 6.61 Å². The summed E-state index contributed by atoms with van der Waals surface area (Å²) < 4.78 is 44.3. The molecule has 0 radical (unpaired) electrons. The molecule has 2 aromatic rings. The summed E-state index contributed by atoms with van der Waals surface area (Å²) >= 11 is 0. The molecule has 3 N–H and O–H groups in total. The van der Waals surface area contributed by atoms with Gasteiger partial charge in [0.25, 0.3) is 0 Å². The first-order valence-corrected chi connectivity index (χ1v) is 10.9. The van der Waals surface area contributed by atoms with Gasteiger partial charge >= 0.3 is 18.2 Å². The highest BCUT2D eigenvalue weighted by Gasteiger charge is 2.48. The molecule has 4 rings (SSSR count). The zero-order chi connectivity index (χ0) is 24.5. The monoisotopic (exact) mass is 476 g/mol. The van der Waals surface area contributed by atoms with E-state index in [1.807, 2.05) is 48.5 Å². The summed E-state index contributed by atoms with van der Waals surface area (Å²) in [6.07, 6.45) is -4.33. The molecule has 0 heterocycles. The number of alkyl carbamates (subject to hydrolysis) is 1. The van der Waals surface area contributed by atoms with E-state index in [0.29, 0.717) is 12.8 Å². The van der Waals surface area contributed by atoms with Crippen molar-refractivity contribution in [3.8, 4) is 11.1 Å². The SMILES string of the molecule is O=C(NC(C(=O)NC(C(=O)O)C(F)(F)F)C1CCC1)OCC1c2ccccc2-c2ccccc21. The van der Waals surface area contributed by atoms with Gasteiger partial charge in [0.15, 0.2) is 0 Å². The lowest BCUT2D eigenvalue weighted by Gasteiger charge is -2.33. The molecule has 10 heteroatoms. The second-order valence-electron chi connectivity index (χ2n) is 8.46. The molecule has 0 saturated heterocycles. The predicted octanol–water partition coefficient (Wildman–Crippen LogP) is 3.83. The van der Waals surface area contributed by atoms with Crippen LogP contribution in [-0.2, 0) is 14.3 Å². The van der Waals surface area contributed by atoms with Crippen LogP contribution < -0.4 is 10.6 Å². The van der Waals surface area contributed by atoms with E-state index in [-0.39, 0.29) is 12.5 Å². The quantitative estimate of drug-likeness (QED) is 0.564. The second-order valence-corrected chi connectivity index (χ2v) is 8.46. The highest BCUT2D eigenvalue weighted by atomic mass is 19.4. The van der Waals surface area contributed by atoms with Gasteiger partial charge in [-0.1, -0.05) is 55.0 Å². The number of carboxylic acid groups (broad SMARTS) is 1. The van der Waals surface area contributed by atoms with Crippen molar-refractivity contribution in [1.29, 1.82) is 0 Å². The Morgan fingerprint density at radius 2 is 1.53 bits per heavy atom. The first-order chi connectivity index (χ1) is 16.2. The molecule has 2 aliphatic carbocycles. The minimum absolute atomic E-state index is 0.0286. The van der Waals surface area contributed by atoms with Gasteiger partial charge < -0.3 is 20.5 Å². The minimum atomic E-state index is -5.17. The maximum atomic E-state index is 13.0. The third-order valence-corrected chi connectivity index (χ3v) is 6.38. The van der Waals surface area contributed by atoms with Gasteiger partial charge in [0.1, 0.15) is 12.6 Å². The fourth-order valence-electron chi connectivity index (χ4n) is 4.45. The average Bonchev–Trinajstić information content (AvgIpc) is 3.07. The van der Waals surface area contributed by atoms with Crippen LogP contribution in [0.2, 0.25) is 0 Å². The number of benzene rings is 2. The van der Waals surface area contributed by atoms with E-state index in [9.17, 15) is 27.6 Å². The molecule has 180 valence electrons. The number of aliphatic carboxylic acids is 1. The summed E-state index contributed by atoms with van der Waals surface area (Å²) in [6.45, 7) is -0.0286. The van der Waals surface area contributed by atoms with Gasteiger partial charge in [-0.3, -0.25) is 4.79 Å². The van der Waals surface area contributed by atoms with Crippen LogP contribution in [0, 0.1) is 5.92 Å². The summed E-state index contributed by atoms with van der Waals surface area (Å²) in [5.74, 6) is -4.06. The molecule has 7 nitrogen and oxygen atoms in total. The predicted molar refractivity (Wildman–Crippen MR) is 115 cm³/mol. The topological polar surface area (TPSA) is 105 Å². The van der Waals surface area contributed by atoms with Gasteiger partial charge in [-0.05, 0) is 41.0 Å². The Balaban J connectivity index is 1.43. The molecule has 0 bridgehead atoms. The molecule has 0 aromatic heterocycles. The van der Waals surface area contributed by atoms with Crippen LogP contribution in [0.15, 0.2) is 48.5 Å². The summed E-state index contributed by atoms with van der Waals surface area (Å²) in [7, 11) is 0. The number of ether oxygens (including phenoxy) is 1. The molecule has 0 aliphatic heterocycles. The van der Waals surface area contributed by atoms with E-state index in [0.717, 1.165) is 28.7 Å². The van der Waals surface area contributed by atoms with Gasteiger partial charge in [-0.25, -0.2) is 9.59 Å². The van der Waals surface area contributed by atoms with Crippen molar-refractivity contribution in [2.24, 2.45) is 5.92 Å². The average molecular weight is 476 g/mol. The lowest BCUT2D eigenvalue weighted by molar-refractivity contribution is -0.182. The van der Waals surface area contributed by atoms with Crippen molar-refractivity contribution >= 4 is 18.0 Å². The van der Waals surface area contributed by atoms with E-state index in [1.165, 1.54) is 5.32 Å². The molecule has 2 amide bonds. The first-order valence-electron chi connectivity index (χ1n) is 10.9. The largest absolute Gasteiger partial charge is 0.479 e. The Hall–Kier alpha value is -3.56. The highest BCUT2D eigenvalue weighted by Crippen LogP contribution is 2.44. The molecule has 34 heavy (non-hydrogen) atoms. The van der Waals surface area contributed by atoms with E-state index in [1.54, 1.807) is 0 Å². The van der Waals surface area contributed by atoms with Crippen LogP contribution in [0.3, 0.4) is 0 Å². The third kappa shape index (κ3) is 4.71. The minimum Gasteiger partial charge on any atom is -0.479 e. The Bertz CT molecular complexity index is 1050. The third-order valence-electron chi connectivity index (χ3n) is 6.38. The van der Waals surface area contributed by atoms with Crippen molar-refractivity contribution < 1.29 is 37.4 Å². The zero-order valence-electron chi connectivity index (χ0n) is 18.0. The molecule has 0 spiro atoms. The molecule has 2 aliphatic rings. The number of nitrogens with one attached hydrogen (secondary N) is 2. The molecular weight excluding hydrogens is 453 g/mol. The molecule has 1 fully saturated rings. The Morgan fingerprint density at radius 1 is 0.971 bits per heavy atom. The number of alkyl halides is 3. The van der Waals surface area contributed by atoms with Crippen molar-refractivity contribution in [3.05, 3.63) is 59.7 Å². The molecular formula is C24H23F3N2O5. The fraction of sp³-hybridized carbons (Fsp3) is 0.375. The number of hydrogen-bond donors (Lipinski definition) is 3. The number of carbonyl (C=O) groups is 3. The van der Waals surface area contributed by atoms with Crippen LogP contribution in [0.5, 0.6) is 0 Å². The van der Waals surface area contributed by atoms with E-state index in [4.69, 9.17) is 9.84 Å². The smallest absolute Gasteiger partial charge is 0.419 e. The van der Waals surface area contributed by atoms with Gasteiger partial charge in [0.05, 0.1) is 0 Å². The fourth-order valence-corrected chi connectivity index (χ4v) is 4.45. The summed E-state index contributed by atoms with van der Waals surface area (Å²) in [6, 6.07) is 11.0. The summed E-state index contributed by atoms with van der Waals surface area (Å²) in [5, 5.41) is 12.7. The molecule has 1 saturated carbocycles. The second kappa shape index (κ2) is 9.36. The number of hydrogen-bond acceptors (Lipinski definition) is 4. The number of rotatable bonds is 7. The Morgan fingerprint density at radius 3 is 2.00 bits per heavy atom. The van der Waals surface area contributed by atoms with Crippen LogP contribution in [0.1, 0.15) is 36.3 Å². The Kier molecular flexibility index (Phi) is 6.49. The summed E-state index contributed by atoms with van der Waals surface area (Å²) in [4.78, 5) is 36.0. The van der Waals surface area contributed by atoms with Crippen molar-refractivity contribution in [1.82, 2.24) is 10.6 Å². The van der Waals surface area contributed by atoms with E-state index >= 15 is 0 Å². The van der Waals surface area contributed by atoms with Gasteiger partial charge in [-0.2, -0.15) is 13.2 Å². The van der Waals surface area contributed by atoms with E-state index in [2.05, 4.69) is 5.32 Å². The number of carbonyl (C=O) groups excluding carboxylic acids is 2. The van der Waals surface area contributed by atoms with Crippen LogP contribution in [-0.4, -0.2) is 47.9 Å². The number of carboxylic acids is 1. The first kappa shape index (κ1) is 23.6. The Labute approximate surface area is 193 Å². The number of fused-ring (bicyclic) bond motifs is 3. The molecule has 2 atom stereocenters. The van der Waals surface area contributed by atoms with Gasteiger partial charge in [0, 0.05) is 5.92 Å². The van der Waals surface area contributed by atoms with E-state index < -0.39 is 42.1 Å². The highest BCUT2D eigenvalue weighted by molar-refractivity contribution is 5.90. The number of amides is 2. The van der Waals surface area contributed by atoms with Crippen LogP contribution >= 0.6 is 0 Å². The molecule has 2 aromatic carbocycles. The van der Waals surface area contributed by atoms with Crippen molar-refractivity contribution in [2.45, 2.75) is 43.4 Å². The van der Waals surface area contributed by atoms with Crippen LogP contribution in [0.25, 0.3) is 11.1 Å². The normalized spacial score (nSPS) is 17.0. The summed E-state index contributed by atoms with van der Waals surface area (Å²) in [5.41, 5.74) is 4.04. The lowest BCUT2D eigenvalue weighted by atomic mass is 9.79. The standard InChI is InChI=1S/C24H23F3N2O5/c25-24(26,27)20(22(31)32)29-21(30)19(13-6-5-7-13)28-23(33)34-12-18-16-10-3-1-8-14(16)15-9-2-4-11-17(15)18/h1-4,8-11,13,18-20H,5-7,12H2,(H,28,33)(H,29,30)(H,31,32). The maximum Gasteiger partial charge on any atom is 0.419 e. The maximum absolute atomic E-state index is 13.0. The van der Waals surface area contributed by atoms with Gasteiger partial charge in [-0.15, -0.1) is 0 Å². The van der Waals surface area contributed by atoms with Crippen molar-refractivity contribution in [3.63, 3.8) is 0 Å². The molecule has 2 unspecified atom stereocenters. The number of halogens is 3.